The normalized spacial score (nSPS) is 18.5. The van der Waals surface area contributed by atoms with Gasteiger partial charge in [-0.3, -0.25) is 9.59 Å². The molecule has 0 aliphatic carbocycles. The van der Waals surface area contributed by atoms with Crippen LogP contribution in [0.4, 0.5) is 5.69 Å². The molecular weight excluding hydrogens is 368 g/mol. The van der Waals surface area contributed by atoms with Crippen LogP contribution in [0.25, 0.3) is 0 Å². The van der Waals surface area contributed by atoms with Crippen LogP contribution in [0, 0.1) is 5.92 Å². The van der Waals surface area contributed by atoms with E-state index in [0.29, 0.717) is 42.8 Å². The van der Waals surface area contributed by atoms with E-state index in [4.69, 9.17) is 21.1 Å². The first-order valence-corrected chi connectivity index (χ1v) is 9.20. The highest BCUT2D eigenvalue weighted by Gasteiger charge is 2.35. The molecule has 1 N–H and O–H groups in total. The van der Waals surface area contributed by atoms with Crippen molar-refractivity contribution in [2.75, 3.05) is 24.7 Å². The summed E-state index contributed by atoms with van der Waals surface area (Å²) < 4.78 is 11.1. The van der Waals surface area contributed by atoms with E-state index in [1.54, 1.807) is 23.1 Å². The summed E-state index contributed by atoms with van der Waals surface area (Å²) in [4.78, 5) is 26.6. The van der Waals surface area contributed by atoms with Gasteiger partial charge in [-0.15, -0.1) is 0 Å². The number of rotatable bonds is 4. The summed E-state index contributed by atoms with van der Waals surface area (Å²) in [6.45, 7) is 1.73. The van der Waals surface area contributed by atoms with Crippen LogP contribution in [0.15, 0.2) is 42.5 Å². The fourth-order valence-corrected chi connectivity index (χ4v) is 3.53. The van der Waals surface area contributed by atoms with Crippen molar-refractivity contribution in [3.63, 3.8) is 0 Å². The fourth-order valence-electron chi connectivity index (χ4n) is 3.31. The SMILES string of the molecule is O=C(NCc1cccc(Cl)c1)C1CC(=O)N(c2ccc3c(c2)OCCO3)C1. The average Bonchev–Trinajstić information content (AvgIpc) is 3.07. The molecule has 140 valence electrons. The second-order valence-corrected chi connectivity index (χ2v) is 7.02. The molecule has 0 saturated carbocycles. The van der Waals surface area contributed by atoms with E-state index in [0.717, 1.165) is 11.3 Å². The fraction of sp³-hybridized carbons (Fsp3) is 0.300. The Morgan fingerprint density at radius 2 is 1.96 bits per heavy atom. The number of benzene rings is 2. The van der Waals surface area contributed by atoms with Gasteiger partial charge < -0.3 is 19.7 Å². The molecule has 2 aromatic carbocycles. The molecule has 2 amide bonds. The van der Waals surface area contributed by atoms with Crippen molar-refractivity contribution in [3.8, 4) is 11.5 Å². The van der Waals surface area contributed by atoms with E-state index in [2.05, 4.69) is 5.32 Å². The summed E-state index contributed by atoms with van der Waals surface area (Å²) in [7, 11) is 0. The van der Waals surface area contributed by atoms with Gasteiger partial charge in [0.2, 0.25) is 11.8 Å². The molecule has 0 radical (unpaired) electrons. The largest absolute Gasteiger partial charge is 0.486 e. The molecule has 1 atom stereocenters. The Hall–Kier alpha value is -2.73. The molecule has 27 heavy (non-hydrogen) atoms. The molecule has 0 spiro atoms. The van der Waals surface area contributed by atoms with E-state index in [9.17, 15) is 9.59 Å². The molecule has 7 heteroatoms. The van der Waals surface area contributed by atoms with Gasteiger partial charge in [-0.1, -0.05) is 23.7 Å². The predicted molar refractivity (Wildman–Crippen MR) is 101 cm³/mol. The van der Waals surface area contributed by atoms with Crippen LogP contribution >= 0.6 is 11.6 Å². The van der Waals surface area contributed by atoms with Gasteiger partial charge in [0, 0.05) is 36.3 Å². The lowest BCUT2D eigenvalue weighted by atomic mass is 10.1. The minimum Gasteiger partial charge on any atom is -0.486 e. The molecule has 2 heterocycles. The van der Waals surface area contributed by atoms with Gasteiger partial charge in [0.25, 0.3) is 0 Å². The minimum atomic E-state index is -0.384. The Balaban J connectivity index is 1.40. The van der Waals surface area contributed by atoms with Crippen LogP contribution in [0.5, 0.6) is 11.5 Å². The van der Waals surface area contributed by atoms with E-state index in [1.165, 1.54) is 0 Å². The van der Waals surface area contributed by atoms with Crippen molar-refractivity contribution < 1.29 is 19.1 Å². The summed E-state index contributed by atoms with van der Waals surface area (Å²) >= 11 is 5.96. The van der Waals surface area contributed by atoms with Crippen molar-refractivity contribution in [2.45, 2.75) is 13.0 Å². The molecule has 2 aliphatic rings. The Morgan fingerprint density at radius 3 is 2.78 bits per heavy atom. The monoisotopic (exact) mass is 386 g/mol. The Morgan fingerprint density at radius 1 is 1.15 bits per heavy atom. The third-order valence-electron chi connectivity index (χ3n) is 4.69. The summed E-state index contributed by atoms with van der Waals surface area (Å²) in [5.41, 5.74) is 1.64. The Bertz CT molecular complexity index is 886. The lowest BCUT2D eigenvalue weighted by Gasteiger charge is -2.22. The first-order chi connectivity index (χ1) is 13.1. The van der Waals surface area contributed by atoms with Crippen LogP contribution in [-0.4, -0.2) is 31.6 Å². The third kappa shape index (κ3) is 3.85. The van der Waals surface area contributed by atoms with Crippen molar-refractivity contribution in [3.05, 3.63) is 53.1 Å². The summed E-state index contributed by atoms with van der Waals surface area (Å²) in [5, 5.41) is 3.52. The quantitative estimate of drug-likeness (QED) is 0.877. The molecule has 4 rings (SSSR count). The topological polar surface area (TPSA) is 67.9 Å². The summed E-state index contributed by atoms with van der Waals surface area (Å²) in [6, 6.07) is 12.7. The smallest absolute Gasteiger partial charge is 0.227 e. The average molecular weight is 387 g/mol. The van der Waals surface area contributed by atoms with Gasteiger partial charge in [0.15, 0.2) is 11.5 Å². The number of halogens is 1. The maximum atomic E-state index is 12.5. The number of hydrogen-bond donors (Lipinski definition) is 1. The van der Waals surface area contributed by atoms with Crippen LogP contribution in [0.3, 0.4) is 0 Å². The molecule has 0 aromatic heterocycles. The van der Waals surface area contributed by atoms with E-state index >= 15 is 0 Å². The predicted octanol–water partition coefficient (Wildman–Crippen LogP) is 2.78. The number of amides is 2. The van der Waals surface area contributed by atoms with Gasteiger partial charge in [-0.25, -0.2) is 0 Å². The Labute approximate surface area is 162 Å². The molecule has 1 saturated heterocycles. The number of carbonyl (C=O) groups is 2. The number of fused-ring (bicyclic) bond motifs is 1. The van der Waals surface area contributed by atoms with Gasteiger partial charge in [0.05, 0.1) is 5.92 Å². The van der Waals surface area contributed by atoms with E-state index < -0.39 is 0 Å². The highest BCUT2D eigenvalue weighted by molar-refractivity contribution is 6.30. The highest BCUT2D eigenvalue weighted by Crippen LogP contribution is 2.36. The molecule has 1 fully saturated rings. The van der Waals surface area contributed by atoms with Crippen molar-refractivity contribution in [1.29, 1.82) is 0 Å². The first-order valence-electron chi connectivity index (χ1n) is 8.82. The number of anilines is 1. The first kappa shape index (κ1) is 17.7. The standard InChI is InChI=1S/C20H19ClN2O4/c21-15-3-1-2-13(8-15)11-22-20(25)14-9-19(24)23(12-14)16-4-5-17-18(10-16)27-7-6-26-17/h1-5,8,10,14H,6-7,9,11-12H2,(H,22,25). The second-order valence-electron chi connectivity index (χ2n) is 6.58. The molecule has 2 aliphatic heterocycles. The molecular formula is C20H19ClN2O4. The van der Waals surface area contributed by atoms with E-state index in [-0.39, 0.29) is 24.2 Å². The maximum Gasteiger partial charge on any atom is 0.227 e. The molecule has 6 nitrogen and oxygen atoms in total. The number of carbonyl (C=O) groups excluding carboxylic acids is 2. The van der Waals surface area contributed by atoms with Gasteiger partial charge >= 0.3 is 0 Å². The summed E-state index contributed by atoms with van der Waals surface area (Å²) in [6.07, 6.45) is 0.190. The zero-order valence-corrected chi connectivity index (χ0v) is 15.4. The van der Waals surface area contributed by atoms with Crippen LogP contribution < -0.4 is 19.7 Å². The van der Waals surface area contributed by atoms with Gasteiger partial charge in [0.1, 0.15) is 13.2 Å². The lowest BCUT2D eigenvalue weighted by molar-refractivity contribution is -0.126. The third-order valence-corrected chi connectivity index (χ3v) is 4.92. The Kier molecular flexibility index (Phi) is 4.90. The number of nitrogens with zero attached hydrogens (tertiary/aromatic N) is 1. The van der Waals surface area contributed by atoms with Crippen LogP contribution in [-0.2, 0) is 16.1 Å². The molecule has 0 bridgehead atoms. The maximum absolute atomic E-state index is 12.5. The van der Waals surface area contributed by atoms with Crippen molar-refractivity contribution in [2.24, 2.45) is 5.92 Å². The number of ether oxygens (including phenoxy) is 2. The summed E-state index contributed by atoms with van der Waals surface area (Å²) in [5.74, 6) is 0.704. The second kappa shape index (κ2) is 7.48. The van der Waals surface area contributed by atoms with Gasteiger partial charge in [-0.05, 0) is 29.8 Å². The minimum absolute atomic E-state index is 0.0745. The van der Waals surface area contributed by atoms with Crippen molar-refractivity contribution >= 4 is 29.1 Å². The van der Waals surface area contributed by atoms with Crippen molar-refractivity contribution in [1.82, 2.24) is 5.32 Å². The molecule has 2 aromatic rings. The number of hydrogen-bond acceptors (Lipinski definition) is 4. The highest BCUT2D eigenvalue weighted by atomic mass is 35.5. The van der Waals surface area contributed by atoms with Crippen LogP contribution in [0.1, 0.15) is 12.0 Å². The van der Waals surface area contributed by atoms with Crippen LogP contribution in [0.2, 0.25) is 5.02 Å². The lowest BCUT2D eigenvalue weighted by Crippen LogP contribution is -2.32. The zero-order valence-electron chi connectivity index (χ0n) is 14.6. The zero-order chi connectivity index (χ0) is 18.8. The molecule has 1 unspecified atom stereocenters. The number of nitrogens with one attached hydrogen (secondary N) is 1. The van der Waals surface area contributed by atoms with E-state index in [1.807, 2.05) is 24.3 Å². The van der Waals surface area contributed by atoms with Gasteiger partial charge in [-0.2, -0.15) is 0 Å².